The molecule has 1 aromatic heterocycles. The lowest BCUT2D eigenvalue weighted by molar-refractivity contribution is 0.0980. The molecular weight excluding hydrogens is 270 g/mol. The second-order valence-corrected chi connectivity index (χ2v) is 4.70. The highest BCUT2D eigenvalue weighted by atomic mass is 16.4. The van der Waals surface area contributed by atoms with Gasteiger partial charge in [-0.2, -0.15) is 0 Å². The minimum absolute atomic E-state index is 0.114. The molecule has 106 valence electrons. The Morgan fingerprint density at radius 3 is 2.86 bits per heavy atom. The molecule has 0 fully saturated rings. The van der Waals surface area contributed by atoms with Gasteiger partial charge in [0.1, 0.15) is 5.82 Å². The normalized spacial score (nSPS) is 13.7. The maximum atomic E-state index is 12.5. The standard InChI is InChI=1S/C15H13N3O3/c19-14-12-5-4-11(17-15(20)21)9-10(12)6-8-18(14)13-3-1-2-7-16-13/h1-5,7,9,17H,6,8H2,(H,20,21). The molecule has 0 atom stereocenters. The predicted molar refractivity (Wildman–Crippen MR) is 77.7 cm³/mol. The van der Waals surface area contributed by atoms with Crippen molar-refractivity contribution in [1.82, 2.24) is 4.98 Å². The van der Waals surface area contributed by atoms with E-state index in [1.165, 1.54) is 0 Å². The number of anilines is 2. The second-order valence-electron chi connectivity index (χ2n) is 4.70. The Morgan fingerprint density at radius 1 is 1.29 bits per heavy atom. The van der Waals surface area contributed by atoms with E-state index in [2.05, 4.69) is 10.3 Å². The minimum atomic E-state index is -1.12. The number of nitrogens with one attached hydrogen (secondary N) is 1. The minimum Gasteiger partial charge on any atom is -0.465 e. The van der Waals surface area contributed by atoms with Gasteiger partial charge in [-0.1, -0.05) is 6.07 Å². The summed E-state index contributed by atoms with van der Waals surface area (Å²) in [5.74, 6) is 0.512. The van der Waals surface area contributed by atoms with Gasteiger partial charge in [-0.05, 0) is 42.3 Å². The lowest BCUT2D eigenvalue weighted by atomic mass is 9.98. The molecule has 2 amide bonds. The van der Waals surface area contributed by atoms with Crippen molar-refractivity contribution in [1.29, 1.82) is 0 Å². The molecule has 0 spiro atoms. The van der Waals surface area contributed by atoms with Gasteiger partial charge in [0.2, 0.25) is 0 Å². The van der Waals surface area contributed by atoms with Gasteiger partial charge in [-0.3, -0.25) is 15.0 Å². The molecule has 0 bridgehead atoms. The van der Waals surface area contributed by atoms with Crippen LogP contribution in [0.25, 0.3) is 0 Å². The van der Waals surface area contributed by atoms with Crippen LogP contribution < -0.4 is 10.2 Å². The predicted octanol–water partition coefficient (Wildman–Crippen LogP) is 2.37. The third-order valence-electron chi connectivity index (χ3n) is 3.36. The molecule has 3 rings (SSSR count). The highest BCUT2D eigenvalue weighted by Crippen LogP contribution is 2.25. The van der Waals surface area contributed by atoms with Crippen LogP contribution in [0.1, 0.15) is 15.9 Å². The number of pyridine rings is 1. The summed E-state index contributed by atoms with van der Waals surface area (Å²) in [6.07, 6.45) is 1.19. The Labute approximate surface area is 121 Å². The summed E-state index contributed by atoms with van der Waals surface area (Å²) in [5, 5.41) is 11.0. The summed E-state index contributed by atoms with van der Waals surface area (Å²) in [4.78, 5) is 29.0. The molecular formula is C15H13N3O3. The first-order valence-electron chi connectivity index (χ1n) is 6.51. The summed E-state index contributed by atoms with van der Waals surface area (Å²) >= 11 is 0. The highest BCUT2D eigenvalue weighted by Gasteiger charge is 2.26. The molecule has 0 unspecified atom stereocenters. The van der Waals surface area contributed by atoms with Crippen LogP contribution in [0.15, 0.2) is 42.6 Å². The highest BCUT2D eigenvalue weighted by molar-refractivity contribution is 6.08. The van der Waals surface area contributed by atoms with Crippen molar-refractivity contribution in [3.63, 3.8) is 0 Å². The van der Waals surface area contributed by atoms with E-state index < -0.39 is 6.09 Å². The first-order valence-corrected chi connectivity index (χ1v) is 6.51. The summed E-state index contributed by atoms with van der Waals surface area (Å²) in [6.45, 7) is 0.527. The molecule has 2 N–H and O–H groups in total. The number of carboxylic acid groups (broad SMARTS) is 1. The van der Waals surface area contributed by atoms with Crippen LogP contribution in [0.2, 0.25) is 0 Å². The van der Waals surface area contributed by atoms with Crippen molar-refractivity contribution in [2.75, 3.05) is 16.8 Å². The van der Waals surface area contributed by atoms with Crippen molar-refractivity contribution in [2.24, 2.45) is 0 Å². The first kappa shape index (κ1) is 13.1. The summed E-state index contributed by atoms with van der Waals surface area (Å²) in [5.41, 5.74) is 1.90. The molecule has 1 aromatic carbocycles. The van der Waals surface area contributed by atoms with Crippen LogP contribution in [-0.4, -0.2) is 28.6 Å². The van der Waals surface area contributed by atoms with Crippen LogP contribution >= 0.6 is 0 Å². The molecule has 2 heterocycles. The molecule has 0 saturated carbocycles. The molecule has 1 aliphatic rings. The largest absolute Gasteiger partial charge is 0.465 e. The zero-order valence-electron chi connectivity index (χ0n) is 11.1. The molecule has 2 aromatic rings. The Hall–Kier alpha value is -2.89. The van der Waals surface area contributed by atoms with Gasteiger partial charge in [0.25, 0.3) is 5.91 Å². The van der Waals surface area contributed by atoms with E-state index in [4.69, 9.17) is 5.11 Å². The van der Waals surface area contributed by atoms with E-state index in [0.29, 0.717) is 30.0 Å². The lowest BCUT2D eigenvalue weighted by Gasteiger charge is -2.28. The number of nitrogens with zero attached hydrogens (tertiary/aromatic N) is 2. The average Bonchev–Trinajstić information content (AvgIpc) is 2.48. The van der Waals surface area contributed by atoms with Crippen LogP contribution in [0.5, 0.6) is 0 Å². The zero-order valence-corrected chi connectivity index (χ0v) is 11.1. The number of aromatic nitrogens is 1. The van der Waals surface area contributed by atoms with E-state index in [9.17, 15) is 9.59 Å². The zero-order chi connectivity index (χ0) is 14.8. The topological polar surface area (TPSA) is 82.5 Å². The first-order chi connectivity index (χ1) is 10.1. The fourth-order valence-corrected chi connectivity index (χ4v) is 2.42. The van der Waals surface area contributed by atoms with Crippen LogP contribution in [-0.2, 0) is 6.42 Å². The fourth-order valence-electron chi connectivity index (χ4n) is 2.42. The SMILES string of the molecule is O=C(O)Nc1ccc2c(c1)CCN(c1ccccn1)C2=O. The van der Waals surface area contributed by atoms with Crippen molar-refractivity contribution >= 4 is 23.5 Å². The summed E-state index contributed by atoms with van der Waals surface area (Å²) < 4.78 is 0. The number of hydrogen-bond acceptors (Lipinski definition) is 3. The van der Waals surface area contributed by atoms with E-state index in [1.54, 1.807) is 41.4 Å². The third kappa shape index (κ3) is 2.55. The van der Waals surface area contributed by atoms with Crippen molar-refractivity contribution in [3.8, 4) is 0 Å². The van der Waals surface area contributed by atoms with Gasteiger partial charge < -0.3 is 5.11 Å². The Bertz CT molecular complexity index is 701. The maximum absolute atomic E-state index is 12.5. The number of benzene rings is 1. The van der Waals surface area contributed by atoms with Gasteiger partial charge >= 0.3 is 6.09 Å². The quantitative estimate of drug-likeness (QED) is 0.886. The van der Waals surface area contributed by atoms with Gasteiger partial charge in [-0.25, -0.2) is 9.78 Å². The fraction of sp³-hybridized carbons (Fsp3) is 0.133. The molecule has 6 nitrogen and oxygen atoms in total. The van der Waals surface area contributed by atoms with Crippen LogP contribution in [0.3, 0.4) is 0 Å². The molecule has 0 saturated heterocycles. The summed E-state index contributed by atoms with van der Waals surface area (Å²) in [7, 11) is 0. The third-order valence-corrected chi connectivity index (χ3v) is 3.36. The lowest BCUT2D eigenvalue weighted by Crippen LogP contribution is -2.38. The Kier molecular flexibility index (Phi) is 3.27. The van der Waals surface area contributed by atoms with Crippen LogP contribution in [0.4, 0.5) is 16.3 Å². The van der Waals surface area contributed by atoms with Crippen molar-refractivity contribution in [3.05, 3.63) is 53.7 Å². The number of amides is 2. The number of rotatable bonds is 2. The number of carbonyl (C=O) groups is 2. The molecule has 6 heteroatoms. The van der Waals surface area contributed by atoms with E-state index in [0.717, 1.165) is 5.56 Å². The molecule has 1 aliphatic heterocycles. The van der Waals surface area contributed by atoms with E-state index in [-0.39, 0.29) is 5.91 Å². The molecule has 21 heavy (non-hydrogen) atoms. The van der Waals surface area contributed by atoms with Gasteiger partial charge in [0, 0.05) is 24.0 Å². The number of hydrogen-bond donors (Lipinski definition) is 2. The molecule has 0 aliphatic carbocycles. The van der Waals surface area contributed by atoms with Crippen molar-refractivity contribution < 1.29 is 14.7 Å². The monoisotopic (exact) mass is 283 g/mol. The van der Waals surface area contributed by atoms with Crippen LogP contribution in [0, 0.1) is 0 Å². The maximum Gasteiger partial charge on any atom is 0.409 e. The van der Waals surface area contributed by atoms with Gasteiger partial charge in [-0.15, -0.1) is 0 Å². The summed E-state index contributed by atoms with van der Waals surface area (Å²) in [6, 6.07) is 10.4. The van der Waals surface area contributed by atoms with E-state index >= 15 is 0 Å². The number of carbonyl (C=O) groups excluding carboxylic acids is 1. The Morgan fingerprint density at radius 2 is 2.14 bits per heavy atom. The smallest absolute Gasteiger partial charge is 0.409 e. The van der Waals surface area contributed by atoms with Gasteiger partial charge in [0.05, 0.1) is 0 Å². The molecule has 0 radical (unpaired) electrons. The van der Waals surface area contributed by atoms with Gasteiger partial charge in [0.15, 0.2) is 0 Å². The second kappa shape index (κ2) is 5.24. The van der Waals surface area contributed by atoms with E-state index in [1.807, 2.05) is 6.07 Å². The Balaban J connectivity index is 1.91. The average molecular weight is 283 g/mol. The number of fused-ring (bicyclic) bond motifs is 1. The van der Waals surface area contributed by atoms with Crippen molar-refractivity contribution in [2.45, 2.75) is 6.42 Å².